The minimum Gasteiger partial charge on any atom is -0.489 e. The van der Waals surface area contributed by atoms with Crippen LogP contribution in [0.5, 0.6) is 5.75 Å². The molecule has 0 bridgehead atoms. The van der Waals surface area contributed by atoms with Gasteiger partial charge in [0.2, 0.25) is 11.8 Å². The average Bonchev–Trinajstić information content (AvgIpc) is 2.79. The van der Waals surface area contributed by atoms with Gasteiger partial charge in [0.15, 0.2) is 0 Å². The summed E-state index contributed by atoms with van der Waals surface area (Å²) in [6, 6.07) is 25.3. The summed E-state index contributed by atoms with van der Waals surface area (Å²) >= 11 is 1.51. The molecule has 1 N–H and O–H groups in total. The number of thioether (sulfide) groups is 1. The Kier molecular flexibility index (Phi) is 6.35. The van der Waals surface area contributed by atoms with Gasteiger partial charge in [-0.25, -0.2) is 0 Å². The minimum absolute atomic E-state index is 0.0225. The summed E-state index contributed by atoms with van der Waals surface area (Å²) in [4.78, 5) is 27.3. The van der Waals surface area contributed by atoms with Crippen LogP contribution < -0.4 is 15.0 Å². The van der Waals surface area contributed by atoms with E-state index in [1.807, 2.05) is 78.9 Å². The average molecular weight is 419 g/mol. The van der Waals surface area contributed by atoms with E-state index in [1.165, 1.54) is 11.8 Å². The number of hydrogen-bond acceptors (Lipinski definition) is 4. The third-order valence-electron chi connectivity index (χ3n) is 4.77. The van der Waals surface area contributed by atoms with Crippen LogP contribution in [0, 0.1) is 0 Å². The first-order valence-electron chi connectivity index (χ1n) is 9.73. The van der Waals surface area contributed by atoms with Gasteiger partial charge >= 0.3 is 0 Å². The van der Waals surface area contributed by atoms with Gasteiger partial charge in [-0.1, -0.05) is 54.6 Å². The summed E-state index contributed by atoms with van der Waals surface area (Å²) in [5, 5.41) is 2.89. The number of carbonyl (C=O) groups is 2. The molecule has 0 aliphatic carbocycles. The number of ether oxygens (including phenoxy) is 1. The standard InChI is InChI=1S/C24H22N2O3S/c27-23(15-26-21-8-4-5-9-22(21)30-17-24(26)28)25-14-18-10-12-20(13-11-18)29-16-19-6-2-1-3-7-19/h1-13H,14-17H2,(H,25,27). The van der Waals surface area contributed by atoms with E-state index in [0.717, 1.165) is 27.5 Å². The molecule has 0 saturated heterocycles. The molecule has 3 aromatic rings. The second kappa shape index (κ2) is 9.50. The van der Waals surface area contributed by atoms with Crippen molar-refractivity contribution < 1.29 is 14.3 Å². The van der Waals surface area contributed by atoms with Crippen molar-refractivity contribution in [2.24, 2.45) is 0 Å². The summed E-state index contributed by atoms with van der Waals surface area (Å²) in [5.41, 5.74) is 2.88. The van der Waals surface area contributed by atoms with E-state index in [1.54, 1.807) is 4.90 Å². The molecule has 0 fully saturated rings. The Morgan fingerprint density at radius 1 is 0.933 bits per heavy atom. The molecule has 1 aliphatic rings. The first kappa shape index (κ1) is 20.0. The number of anilines is 1. The molecule has 4 rings (SSSR count). The lowest BCUT2D eigenvalue weighted by atomic mass is 10.2. The highest BCUT2D eigenvalue weighted by Crippen LogP contribution is 2.34. The van der Waals surface area contributed by atoms with Crippen molar-refractivity contribution >= 4 is 29.3 Å². The zero-order valence-electron chi connectivity index (χ0n) is 16.4. The first-order chi connectivity index (χ1) is 14.7. The van der Waals surface area contributed by atoms with Crippen molar-refractivity contribution in [2.75, 3.05) is 17.2 Å². The fourth-order valence-corrected chi connectivity index (χ4v) is 4.11. The molecule has 1 heterocycles. The number of nitrogens with zero attached hydrogens (tertiary/aromatic N) is 1. The van der Waals surface area contributed by atoms with Gasteiger partial charge in [0.05, 0.1) is 11.4 Å². The van der Waals surface area contributed by atoms with Gasteiger partial charge in [0.25, 0.3) is 0 Å². The second-order valence-corrected chi connectivity index (χ2v) is 7.95. The van der Waals surface area contributed by atoms with Crippen molar-refractivity contribution in [3.63, 3.8) is 0 Å². The van der Waals surface area contributed by atoms with E-state index in [4.69, 9.17) is 4.74 Å². The van der Waals surface area contributed by atoms with Gasteiger partial charge in [0, 0.05) is 11.4 Å². The fourth-order valence-electron chi connectivity index (χ4n) is 3.17. The van der Waals surface area contributed by atoms with Gasteiger partial charge in [-0.15, -0.1) is 11.8 Å². The van der Waals surface area contributed by atoms with Crippen LogP contribution in [0.4, 0.5) is 5.69 Å². The van der Waals surface area contributed by atoms with E-state index >= 15 is 0 Å². The quantitative estimate of drug-likeness (QED) is 0.630. The molecule has 0 radical (unpaired) electrons. The lowest BCUT2D eigenvalue weighted by Crippen LogP contribution is -2.43. The lowest BCUT2D eigenvalue weighted by molar-refractivity contribution is -0.123. The highest BCUT2D eigenvalue weighted by Gasteiger charge is 2.26. The monoisotopic (exact) mass is 418 g/mol. The maximum absolute atomic E-state index is 12.4. The highest BCUT2D eigenvalue weighted by atomic mass is 32.2. The number of nitrogens with one attached hydrogen (secondary N) is 1. The highest BCUT2D eigenvalue weighted by molar-refractivity contribution is 8.00. The number of para-hydroxylation sites is 1. The molecule has 6 heteroatoms. The molecule has 152 valence electrons. The summed E-state index contributed by atoms with van der Waals surface area (Å²) in [6.07, 6.45) is 0. The van der Waals surface area contributed by atoms with E-state index < -0.39 is 0 Å². The van der Waals surface area contributed by atoms with E-state index in [-0.39, 0.29) is 18.4 Å². The Morgan fingerprint density at radius 3 is 2.47 bits per heavy atom. The first-order valence-corrected chi connectivity index (χ1v) is 10.7. The second-order valence-electron chi connectivity index (χ2n) is 6.93. The third kappa shape index (κ3) is 5.02. The summed E-state index contributed by atoms with van der Waals surface area (Å²) in [7, 11) is 0. The fraction of sp³-hybridized carbons (Fsp3) is 0.167. The molecule has 0 spiro atoms. The van der Waals surface area contributed by atoms with Crippen molar-refractivity contribution in [3.05, 3.63) is 90.0 Å². The zero-order valence-corrected chi connectivity index (χ0v) is 17.2. The zero-order chi connectivity index (χ0) is 20.8. The molecule has 0 unspecified atom stereocenters. The number of benzene rings is 3. The molecule has 2 amide bonds. The summed E-state index contributed by atoms with van der Waals surface area (Å²) < 4.78 is 5.78. The van der Waals surface area contributed by atoms with Crippen LogP contribution >= 0.6 is 11.8 Å². The molecular formula is C24H22N2O3S. The van der Waals surface area contributed by atoms with Crippen molar-refractivity contribution in [1.82, 2.24) is 5.32 Å². The van der Waals surface area contributed by atoms with Gasteiger partial charge in [0.1, 0.15) is 18.9 Å². The van der Waals surface area contributed by atoms with Crippen LogP contribution in [0.25, 0.3) is 0 Å². The minimum atomic E-state index is -0.186. The Hall–Kier alpha value is -3.25. The Morgan fingerprint density at radius 2 is 1.67 bits per heavy atom. The molecule has 1 aliphatic heterocycles. The van der Waals surface area contributed by atoms with Crippen LogP contribution in [-0.2, 0) is 22.7 Å². The Bertz CT molecular complexity index is 1020. The van der Waals surface area contributed by atoms with Gasteiger partial charge in [-0.2, -0.15) is 0 Å². The largest absolute Gasteiger partial charge is 0.489 e. The molecule has 5 nitrogen and oxygen atoms in total. The smallest absolute Gasteiger partial charge is 0.240 e. The molecule has 30 heavy (non-hydrogen) atoms. The number of fused-ring (bicyclic) bond motifs is 1. The van der Waals surface area contributed by atoms with Crippen LogP contribution in [0.1, 0.15) is 11.1 Å². The third-order valence-corrected chi connectivity index (χ3v) is 5.82. The Labute approximate surface area is 180 Å². The predicted molar refractivity (Wildman–Crippen MR) is 119 cm³/mol. The number of amides is 2. The maximum atomic E-state index is 12.4. The van der Waals surface area contributed by atoms with E-state index in [9.17, 15) is 9.59 Å². The normalized spacial score (nSPS) is 12.9. The van der Waals surface area contributed by atoms with E-state index in [0.29, 0.717) is 18.9 Å². The summed E-state index contributed by atoms with van der Waals surface area (Å²) in [6.45, 7) is 0.936. The SMILES string of the molecule is O=C(CN1C(=O)CSc2ccccc21)NCc1ccc(OCc2ccccc2)cc1. The maximum Gasteiger partial charge on any atom is 0.240 e. The molecule has 0 atom stereocenters. The topological polar surface area (TPSA) is 58.6 Å². The van der Waals surface area contributed by atoms with Gasteiger partial charge in [-0.05, 0) is 35.4 Å². The van der Waals surface area contributed by atoms with Crippen LogP contribution in [0.3, 0.4) is 0 Å². The lowest BCUT2D eigenvalue weighted by Gasteiger charge is -2.28. The molecular weight excluding hydrogens is 396 g/mol. The van der Waals surface area contributed by atoms with Gasteiger partial charge in [-0.3, -0.25) is 9.59 Å². The van der Waals surface area contributed by atoms with Crippen LogP contribution in [-0.4, -0.2) is 24.1 Å². The van der Waals surface area contributed by atoms with Crippen LogP contribution in [0.15, 0.2) is 83.8 Å². The number of rotatable bonds is 7. The van der Waals surface area contributed by atoms with Gasteiger partial charge < -0.3 is 15.0 Å². The summed E-state index contributed by atoms with van der Waals surface area (Å²) in [5.74, 6) is 0.902. The van der Waals surface area contributed by atoms with Crippen molar-refractivity contribution in [2.45, 2.75) is 18.0 Å². The molecule has 0 saturated carbocycles. The van der Waals surface area contributed by atoms with Crippen molar-refractivity contribution in [3.8, 4) is 5.75 Å². The molecule has 0 aromatic heterocycles. The molecule has 3 aromatic carbocycles. The van der Waals surface area contributed by atoms with Crippen LogP contribution in [0.2, 0.25) is 0 Å². The Balaban J connectivity index is 1.28. The van der Waals surface area contributed by atoms with Crippen molar-refractivity contribution in [1.29, 1.82) is 0 Å². The number of hydrogen-bond donors (Lipinski definition) is 1. The predicted octanol–water partition coefficient (Wildman–Crippen LogP) is 4.02. The van der Waals surface area contributed by atoms with E-state index in [2.05, 4.69) is 5.32 Å². The number of carbonyl (C=O) groups excluding carboxylic acids is 2.